The number of hydrogen-bond donors (Lipinski definition) is 1. The van der Waals surface area contributed by atoms with Crippen LogP contribution in [0.25, 0.3) is 0 Å². The van der Waals surface area contributed by atoms with Crippen LogP contribution < -0.4 is 0 Å². The molecule has 1 N–H and O–H groups in total. The summed E-state index contributed by atoms with van der Waals surface area (Å²) in [5.74, 6) is -0.494. The lowest BCUT2D eigenvalue weighted by Gasteiger charge is -2.07. The second-order valence-corrected chi connectivity index (χ2v) is 3.26. The van der Waals surface area contributed by atoms with Crippen molar-refractivity contribution in [2.75, 3.05) is 0 Å². The molecule has 0 saturated carbocycles. The van der Waals surface area contributed by atoms with Gasteiger partial charge in [-0.15, -0.1) is 0 Å². The van der Waals surface area contributed by atoms with Crippen molar-refractivity contribution in [3.63, 3.8) is 0 Å². The Balaban J connectivity index is 2.58. The van der Waals surface area contributed by atoms with E-state index in [1.807, 2.05) is 30.3 Å². The van der Waals surface area contributed by atoms with Gasteiger partial charge in [-0.2, -0.15) is 0 Å². The van der Waals surface area contributed by atoms with E-state index in [0.717, 1.165) is 5.56 Å². The van der Waals surface area contributed by atoms with Gasteiger partial charge in [0.25, 0.3) is 0 Å². The van der Waals surface area contributed by atoms with Crippen molar-refractivity contribution in [1.29, 1.82) is 0 Å². The predicted molar refractivity (Wildman–Crippen MR) is 57.2 cm³/mol. The first-order valence-corrected chi connectivity index (χ1v) is 4.68. The topological polar surface area (TPSA) is 46.5 Å². The molecular formula is C12H14O3. The SMILES string of the molecule is C/C(OCc1ccccc1)=C(/C)C(=O)O. The highest BCUT2D eigenvalue weighted by Gasteiger charge is 2.05. The molecule has 0 atom stereocenters. The van der Waals surface area contributed by atoms with Gasteiger partial charge in [0.1, 0.15) is 12.4 Å². The minimum absolute atomic E-state index is 0.242. The van der Waals surface area contributed by atoms with Crippen molar-refractivity contribution >= 4 is 5.97 Å². The van der Waals surface area contributed by atoms with Crippen LogP contribution in [0.2, 0.25) is 0 Å². The maximum absolute atomic E-state index is 10.6. The van der Waals surface area contributed by atoms with Crippen LogP contribution in [0.15, 0.2) is 41.7 Å². The van der Waals surface area contributed by atoms with E-state index < -0.39 is 5.97 Å². The molecule has 15 heavy (non-hydrogen) atoms. The van der Waals surface area contributed by atoms with E-state index in [2.05, 4.69) is 0 Å². The molecule has 80 valence electrons. The number of rotatable bonds is 4. The van der Waals surface area contributed by atoms with Crippen LogP contribution in [-0.4, -0.2) is 11.1 Å². The number of carboxylic acids is 1. The summed E-state index contributed by atoms with van der Waals surface area (Å²) < 4.78 is 5.35. The molecule has 0 aliphatic heterocycles. The number of ether oxygens (including phenoxy) is 1. The molecule has 0 saturated heterocycles. The van der Waals surface area contributed by atoms with Gasteiger partial charge in [0.15, 0.2) is 0 Å². The third-order valence-electron chi connectivity index (χ3n) is 2.15. The average molecular weight is 206 g/mol. The third-order valence-corrected chi connectivity index (χ3v) is 2.15. The van der Waals surface area contributed by atoms with E-state index in [4.69, 9.17) is 9.84 Å². The second-order valence-electron chi connectivity index (χ2n) is 3.26. The van der Waals surface area contributed by atoms with E-state index in [0.29, 0.717) is 12.4 Å². The molecule has 1 aromatic rings. The Kier molecular flexibility index (Phi) is 3.92. The molecule has 0 amide bonds. The number of carboxylic acid groups (broad SMARTS) is 1. The Morgan fingerprint density at radius 1 is 1.27 bits per heavy atom. The maximum atomic E-state index is 10.6. The smallest absolute Gasteiger partial charge is 0.334 e. The molecule has 0 heterocycles. The van der Waals surface area contributed by atoms with Gasteiger partial charge in [0.05, 0.1) is 5.57 Å². The highest BCUT2D eigenvalue weighted by Crippen LogP contribution is 2.09. The number of hydrogen-bond acceptors (Lipinski definition) is 2. The Labute approximate surface area is 89.0 Å². The van der Waals surface area contributed by atoms with Crippen LogP contribution in [-0.2, 0) is 16.1 Å². The van der Waals surface area contributed by atoms with Gasteiger partial charge in [0, 0.05) is 0 Å². The third kappa shape index (κ3) is 3.46. The Morgan fingerprint density at radius 3 is 2.40 bits per heavy atom. The summed E-state index contributed by atoms with van der Waals surface area (Å²) in [4.78, 5) is 10.6. The monoisotopic (exact) mass is 206 g/mol. The van der Waals surface area contributed by atoms with Gasteiger partial charge in [-0.25, -0.2) is 4.79 Å². The molecule has 0 bridgehead atoms. The Hall–Kier alpha value is -1.77. The summed E-state index contributed by atoms with van der Waals surface area (Å²) >= 11 is 0. The fourth-order valence-corrected chi connectivity index (χ4v) is 1.02. The summed E-state index contributed by atoms with van der Waals surface area (Å²) in [6.07, 6.45) is 0. The van der Waals surface area contributed by atoms with Crippen molar-refractivity contribution in [3.8, 4) is 0 Å². The molecule has 1 aromatic carbocycles. The Morgan fingerprint density at radius 2 is 1.87 bits per heavy atom. The first-order valence-electron chi connectivity index (χ1n) is 4.68. The molecule has 3 heteroatoms. The normalized spacial score (nSPS) is 11.9. The zero-order valence-electron chi connectivity index (χ0n) is 8.86. The lowest BCUT2D eigenvalue weighted by atomic mass is 10.2. The summed E-state index contributed by atoms with van der Waals surface area (Å²) in [7, 11) is 0. The van der Waals surface area contributed by atoms with Crippen molar-refractivity contribution in [1.82, 2.24) is 0 Å². The zero-order valence-corrected chi connectivity index (χ0v) is 8.86. The summed E-state index contributed by atoms with van der Waals surface area (Å²) in [6, 6.07) is 9.63. The molecular weight excluding hydrogens is 192 g/mol. The summed E-state index contributed by atoms with van der Waals surface area (Å²) in [5.41, 5.74) is 1.26. The average Bonchev–Trinajstić information content (AvgIpc) is 2.26. The molecule has 0 spiro atoms. The van der Waals surface area contributed by atoms with Gasteiger partial charge in [-0.05, 0) is 19.4 Å². The van der Waals surface area contributed by atoms with E-state index in [9.17, 15) is 4.79 Å². The second kappa shape index (κ2) is 5.20. The molecule has 0 aromatic heterocycles. The number of carbonyl (C=O) groups is 1. The fraction of sp³-hybridized carbons (Fsp3) is 0.250. The van der Waals surface area contributed by atoms with Crippen LogP contribution in [0.4, 0.5) is 0 Å². The van der Waals surface area contributed by atoms with Gasteiger partial charge in [0.2, 0.25) is 0 Å². The first-order chi connectivity index (χ1) is 7.11. The van der Waals surface area contributed by atoms with Crippen LogP contribution in [0.3, 0.4) is 0 Å². The molecule has 0 fully saturated rings. The molecule has 0 aliphatic rings. The first kappa shape index (κ1) is 11.3. The number of aliphatic carboxylic acids is 1. The molecule has 0 aliphatic carbocycles. The standard InChI is InChI=1S/C12H14O3/c1-9(12(13)14)10(2)15-8-11-6-4-3-5-7-11/h3-7H,8H2,1-2H3,(H,13,14)/b10-9+. The van der Waals surface area contributed by atoms with E-state index in [-0.39, 0.29) is 5.57 Å². The van der Waals surface area contributed by atoms with Crippen molar-refractivity contribution in [2.45, 2.75) is 20.5 Å². The minimum atomic E-state index is -0.944. The largest absolute Gasteiger partial charge is 0.493 e. The Bertz CT molecular complexity index is 366. The van der Waals surface area contributed by atoms with Gasteiger partial charge < -0.3 is 9.84 Å². The van der Waals surface area contributed by atoms with Gasteiger partial charge in [-0.3, -0.25) is 0 Å². The van der Waals surface area contributed by atoms with Crippen LogP contribution in [0, 0.1) is 0 Å². The minimum Gasteiger partial charge on any atom is -0.493 e. The molecule has 1 rings (SSSR count). The van der Waals surface area contributed by atoms with E-state index in [1.54, 1.807) is 6.92 Å². The predicted octanol–water partition coefficient (Wildman–Crippen LogP) is 2.58. The summed E-state index contributed by atoms with van der Waals surface area (Å²) in [6.45, 7) is 3.59. The van der Waals surface area contributed by atoms with Crippen molar-refractivity contribution < 1.29 is 14.6 Å². The fourth-order valence-electron chi connectivity index (χ4n) is 1.02. The molecule has 0 unspecified atom stereocenters. The van der Waals surface area contributed by atoms with Crippen molar-refractivity contribution in [2.24, 2.45) is 0 Å². The molecule has 3 nitrogen and oxygen atoms in total. The lowest BCUT2D eigenvalue weighted by Crippen LogP contribution is -2.02. The zero-order chi connectivity index (χ0) is 11.3. The van der Waals surface area contributed by atoms with Crippen LogP contribution >= 0.6 is 0 Å². The molecule has 0 radical (unpaired) electrons. The quantitative estimate of drug-likeness (QED) is 0.608. The van der Waals surface area contributed by atoms with Crippen LogP contribution in [0.5, 0.6) is 0 Å². The van der Waals surface area contributed by atoms with E-state index >= 15 is 0 Å². The van der Waals surface area contributed by atoms with Crippen molar-refractivity contribution in [3.05, 3.63) is 47.2 Å². The number of allylic oxidation sites excluding steroid dienone is 1. The van der Waals surface area contributed by atoms with E-state index in [1.165, 1.54) is 6.92 Å². The van der Waals surface area contributed by atoms with Gasteiger partial charge in [-0.1, -0.05) is 30.3 Å². The highest BCUT2D eigenvalue weighted by molar-refractivity contribution is 5.86. The maximum Gasteiger partial charge on any atom is 0.334 e. The van der Waals surface area contributed by atoms with Gasteiger partial charge >= 0.3 is 5.97 Å². The summed E-state index contributed by atoms with van der Waals surface area (Å²) in [5, 5.41) is 8.71. The lowest BCUT2D eigenvalue weighted by molar-refractivity contribution is -0.132. The van der Waals surface area contributed by atoms with Crippen LogP contribution in [0.1, 0.15) is 19.4 Å². The highest BCUT2D eigenvalue weighted by atomic mass is 16.5. The number of benzene rings is 1.